The Morgan fingerprint density at radius 3 is 2.43 bits per heavy atom. The predicted molar refractivity (Wildman–Crippen MR) is 116 cm³/mol. The van der Waals surface area contributed by atoms with Gasteiger partial charge in [-0.25, -0.2) is 22.4 Å². The van der Waals surface area contributed by atoms with Crippen LogP contribution in [0.1, 0.15) is 29.3 Å². The molecule has 8 nitrogen and oxygen atoms in total. The quantitative estimate of drug-likeness (QED) is 0.479. The molecule has 0 aliphatic carbocycles. The largest absolute Gasteiger partial charge is 0.254 e. The molecule has 30 heavy (non-hydrogen) atoms. The molecule has 0 saturated carbocycles. The van der Waals surface area contributed by atoms with Gasteiger partial charge in [-0.1, -0.05) is 6.92 Å². The number of aromatic nitrogens is 5. The third-order valence-electron chi connectivity index (χ3n) is 5.64. The standard InChI is InChI=1S/C20H23N5O3S2/c1-7-29(26)20-18(23-25-14(5)12(3)11(2)13(4)19(20)25)16-10-24-17(22-16)8-15(9-21-24)30(6,27)28/h8-10H,7H2,1-6H3. The van der Waals surface area contributed by atoms with Crippen LogP contribution in [-0.2, 0) is 20.6 Å². The highest BCUT2D eigenvalue weighted by Crippen LogP contribution is 2.34. The van der Waals surface area contributed by atoms with Gasteiger partial charge < -0.3 is 0 Å². The van der Waals surface area contributed by atoms with E-state index in [4.69, 9.17) is 5.10 Å². The third kappa shape index (κ3) is 3.05. The van der Waals surface area contributed by atoms with Gasteiger partial charge in [-0.15, -0.1) is 0 Å². The van der Waals surface area contributed by atoms with Crippen molar-refractivity contribution in [2.75, 3.05) is 12.0 Å². The highest BCUT2D eigenvalue weighted by molar-refractivity contribution is 7.90. The van der Waals surface area contributed by atoms with Crippen molar-refractivity contribution in [1.29, 1.82) is 0 Å². The van der Waals surface area contributed by atoms with Gasteiger partial charge in [0.2, 0.25) is 0 Å². The normalized spacial score (nSPS) is 13.4. The first-order valence-corrected chi connectivity index (χ1v) is 12.7. The van der Waals surface area contributed by atoms with E-state index in [1.807, 2.05) is 25.3 Å². The minimum absolute atomic E-state index is 0.0949. The van der Waals surface area contributed by atoms with Crippen molar-refractivity contribution in [3.8, 4) is 11.4 Å². The monoisotopic (exact) mass is 445 g/mol. The van der Waals surface area contributed by atoms with Gasteiger partial charge in [0.05, 0.1) is 38.5 Å². The number of sulfone groups is 1. The van der Waals surface area contributed by atoms with Gasteiger partial charge in [0, 0.05) is 23.8 Å². The Hall–Kier alpha value is -2.59. The van der Waals surface area contributed by atoms with Gasteiger partial charge in [-0.3, -0.25) is 4.21 Å². The molecule has 4 rings (SSSR count). The maximum atomic E-state index is 13.1. The molecule has 4 aromatic rings. The topological polar surface area (TPSA) is 98.7 Å². The summed E-state index contributed by atoms with van der Waals surface area (Å²) in [5, 5.41) is 8.95. The lowest BCUT2D eigenvalue weighted by Crippen LogP contribution is -2.03. The number of hydrogen-bond acceptors (Lipinski definition) is 6. The van der Waals surface area contributed by atoms with Crippen LogP contribution in [0.15, 0.2) is 28.3 Å². The van der Waals surface area contributed by atoms with Crippen molar-refractivity contribution in [1.82, 2.24) is 24.2 Å². The molecule has 0 radical (unpaired) electrons. The molecule has 4 aromatic heterocycles. The summed E-state index contributed by atoms with van der Waals surface area (Å²) < 4.78 is 40.1. The zero-order chi connectivity index (χ0) is 22.0. The fourth-order valence-electron chi connectivity index (χ4n) is 3.57. The second-order valence-electron chi connectivity index (χ2n) is 7.43. The molecule has 158 valence electrons. The average Bonchev–Trinajstić information content (AvgIpc) is 3.30. The van der Waals surface area contributed by atoms with Crippen molar-refractivity contribution in [2.24, 2.45) is 0 Å². The molecule has 0 saturated heterocycles. The Morgan fingerprint density at radius 2 is 1.80 bits per heavy atom. The highest BCUT2D eigenvalue weighted by atomic mass is 32.2. The summed E-state index contributed by atoms with van der Waals surface area (Å²) in [6, 6.07) is 1.48. The Kier molecular flexibility index (Phi) is 4.81. The molecule has 10 heteroatoms. The summed E-state index contributed by atoms with van der Waals surface area (Å²) in [5.74, 6) is 0.448. The second-order valence-corrected chi connectivity index (χ2v) is 11.1. The fraction of sp³-hybridized carbons (Fsp3) is 0.350. The lowest BCUT2D eigenvalue weighted by Gasteiger charge is -2.12. The highest BCUT2D eigenvalue weighted by Gasteiger charge is 2.25. The Balaban J connectivity index is 2.07. The van der Waals surface area contributed by atoms with Crippen molar-refractivity contribution in [3.63, 3.8) is 0 Å². The molecule has 4 heterocycles. The van der Waals surface area contributed by atoms with Crippen LogP contribution >= 0.6 is 0 Å². The van der Waals surface area contributed by atoms with Crippen LogP contribution in [0.4, 0.5) is 0 Å². The van der Waals surface area contributed by atoms with Gasteiger partial charge in [-0.2, -0.15) is 10.2 Å². The first kappa shape index (κ1) is 20.7. The lowest BCUT2D eigenvalue weighted by molar-refractivity contribution is 0.601. The summed E-state index contributed by atoms with van der Waals surface area (Å²) in [6.07, 6.45) is 4.11. The molecular weight excluding hydrogens is 422 g/mol. The fourth-order valence-corrected chi connectivity index (χ4v) is 5.23. The zero-order valence-corrected chi connectivity index (χ0v) is 19.3. The van der Waals surface area contributed by atoms with Crippen LogP contribution in [0.3, 0.4) is 0 Å². The van der Waals surface area contributed by atoms with E-state index in [2.05, 4.69) is 23.9 Å². The number of pyridine rings is 1. The minimum atomic E-state index is -3.40. The van der Waals surface area contributed by atoms with E-state index < -0.39 is 20.6 Å². The van der Waals surface area contributed by atoms with Crippen molar-refractivity contribution in [2.45, 2.75) is 44.4 Å². The summed E-state index contributed by atoms with van der Waals surface area (Å²) in [5.41, 5.74) is 6.56. The minimum Gasteiger partial charge on any atom is -0.254 e. The van der Waals surface area contributed by atoms with E-state index in [-0.39, 0.29) is 4.90 Å². The first-order chi connectivity index (χ1) is 14.0. The van der Waals surface area contributed by atoms with Crippen LogP contribution in [0.25, 0.3) is 22.6 Å². The Morgan fingerprint density at radius 1 is 1.10 bits per heavy atom. The summed E-state index contributed by atoms with van der Waals surface area (Å²) in [4.78, 5) is 5.30. The average molecular weight is 446 g/mol. The van der Waals surface area contributed by atoms with Gasteiger partial charge in [0.15, 0.2) is 15.5 Å². The SMILES string of the molecule is CCS(=O)c1c(-c2cn3ncc(S(C)(=O)=O)cc3n2)nn2c(C)c(C)c(C)c(C)c12. The lowest BCUT2D eigenvalue weighted by atomic mass is 10.0. The number of hydrogen-bond donors (Lipinski definition) is 0. The molecule has 0 fully saturated rings. The molecule has 0 aromatic carbocycles. The number of imidazole rings is 1. The number of aryl methyl sites for hydroxylation is 2. The Bertz CT molecular complexity index is 1470. The summed E-state index contributed by atoms with van der Waals surface area (Å²) >= 11 is 0. The van der Waals surface area contributed by atoms with Crippen molar-refractivity contribution >= 4 is 31.8 Å². The molecule has 1 atom stereocenters. The van der Waals surface area contributed by atoms with Crippen molar-refractivity contribution in [3.05, 3.63) is 40.8 Å². The molecule has 0 bridgehead atoms. The molecule has 0 amide bonds. The molecule has 0 aliphatic heterocycles. The van der Waals surface area contributed by atoms with Crippen molar-refractivity contribution < 1.29 is 12.6 Å². The van der Waals surface area contributed by atoms with Crippen LogP contribution in [-0.4, -0.2) is 48.8 Å². The van der Waals surface area contributed by atoms with E-state index in [9.17, 15) is 12.6 Å². The molecular formula is C20H23N5O3S2. The van der Waals surface area contributed by atoms with Crippen LogP contribution < -0.4 is 0 Å². The summed E-state index contributed by atoms with van der Waals surface area (Å²) in [7, 11) is -4.67. The Labute approximate surface area is 177 Å². The molecule has 0 N–H and O–H groups in total. The smallest absolute Gasteiger partial charge is 0.177 e. The van der Waals surface area contributed by atoms with Crippen LogP contribution in [0.5, 0.6) is 0 Å². The van der Waals surface area contributed by atoms with Gasteiger partial charge in [0.25, 0.3) is 0 Å². The van der Waals surface area contributed by atoms with Gasteiger partial charge >= 0.3 is 0 Å². The van der Waals surface area contributed by atoms with E-state index in [1.165, 1.54) is 16.8 Å². The van der Waals surface area contributed by atoms with E-state index >= 15 is 0 Å². The van der Waals surface area contributed by atoms with Crippen LogP contribution in [0, 0.1) is 27.7 Å². The van der Waals surface area contributed by atoms with E-state index in [0.717, 1.165) is 34.2 Å². The molecule has 1 unspecified atom stereocenters. The van der Waals surface area contributed by atoms with Gasteiger partial charge in [-0.05, 0) is 44.4 Å². The van der Waals surface area contributed by atoms with E-state index in [0.29, 0.717) is 27.7 Å². The number of nitrogens with zero attached hydrogens (tertiary/aromatic N) is 5. The molecule has 0 aliphatic rings. The summed E-state index contributed by atoms with van der Waals surface area (Å²) in [6.45, 7) is 9.99. The number of fused-ring (bicyclic) bond motifs is 2. The second kappa shape index (κ2) is 6.98. The van der Waals surface area contributed by atoms with Crippen LogP contribution in [0.2, 0.25) is 0 Å². The first-order valence-electron chi connectivity index (χ1n) is 9.48. The number of rotatable bonds is 4. The predicted octanol–water partition coefficient (Wildman–Crippen LogP) is 2.81. The zero-order valence-electron chi connectivity index (χ0n) is 17.7. The van der Waals surface area contributed by atoms with E-state index in [1.54, 1.807) is 6.20 Å². The molecule has 0 spiro atoms. The maximum Gasteiger partial charge on any atom is 0.177 e. The third-order valence-corrected chi connectivity index (χ3v) is 8.08. The maximum absolute atomic E-state index is 13.1. The van der Waals surface area contributed by atoms with Gasteiger partial charge in [0.1, 0.15) is 11.4 Å².